The smallest absolute Gasteiger partial charge is 0.309 e. The van der Waals surface area contributed by atoms with Crippen molar-refractivity contribution in [2.24, 2.45) is 0 Å². The molecule has 0 saturated heterocycles. The molecule has 4 heteroatoms. The Morgan fingerprint density at radius 1 is 1.00 bits per heavy atom. The van der Waals surface area contributed by atoms with E-state index in [9.17, 15) is 9.59 Å². The van der Waals surface area contributed by atoms with Crippen LogP contribution in [0.2, 0.25) is 0 Å². The Labute approximate surface area is 110 Å². The highest BCUT2D eigenvalue weighted by Crippen LogP contribution is 2.09. The molecule has 0 saturated carbocycles. The molecule has 0 aromatic carbocycles. The Balaban J connectivity index is 3.82. The molecule has 0 rings (SSSR count). The van der Waals surface area contributed by atoms with Gasteiger partial charge in [-0.25, -0.2) is 0 Å². The van der Waals surface area contributed by atoms with Crippen molar-refractivity contribution in [3.05, 3.63) is 0 Å². The number of hydrogen-bond donors (Lipinski definition) is 0. The summed E-state index contributed by atoms with van der Waals surface area (Å²) in [6, 6.07) is 0. The van der Waals surface area contributed by atoms with E-state index in [1.165, 1.54) is 0 Å². The highest BCUT2D eigenvalue weighted by molar-refractivity contribution is 5.72. The van der Waals surface area contributed by atoms with Gasteiger partial charge in [0.05, 0.1) is 13.0 Å². The molecule has 0 aliphatic rings. The average molecular weight is 258 g/mol. The fourth-order valence-corrected chi connectivity index (χ4v) is 1.62. The number of unbranched alkanes of at least 4 members (excludes halogenated alkanes) is 3. The number of rotatable bonds is 10. The van der Waals surface area contributed by atoms with Crippen molar-refractivity contribution >= 4 is 11.9 Å². The Bertz CT molecular complexity index is 238. The molecule has 0 aliphatic carbocycles. The molecule has 106 valence electrons. The Morgan fingerprint density at radius 2 is 1.72 bits per heavy atom. The second-order valence-corrected chi connectivity index (χ2v) is 4.34. The van der Waals surface area contributed by atoms with Gasteiger partial charge in [0.15, 0.2) is 0 Å². The third-order valence-corrected chi connectivity index (χ3v) is 2.69. The van der Waals surface area contributed by atoms with Gasteiger partial charge < -0.3 is 9.47 Å². The van der Waals surface area contributed by atoms with Gasteiger partial charge in [-0.1, -0.05) is 33.1 Å². The summed E-state index contributed by atoms with van der Waals surface area (Å²) in [5.41, 5.74) is 0. The largest absolute Gasteiger partial charge is 0.466 e. The topological polar surface area (TPSA) is 52.6 Å². The number of esters is 2. The zero-order valence-corrected chi connectivity index (χ0v) is 11.9. The third kappa shape index (κ3) is 9.02. The molecule has 0 aromatic heterocycles. The van der Waals surface area contributed by atoms with E-state index in [1.807, 2.05) is 6.92 Å². The summed E-state index contributed by atoms with van der Waals surface area (Å²) in [4.78, 5) is 22.8. The van der Waals surface area contributed by atoms with Crippen LogP contribution in [-0.4, -0.2) is 24.6 Å². The zero-order valence-electron chi connectivity index (χ0n) is 11.9. The predicted molar refractivity (Wildman–Crippen MR) is 70.2 cm³/mol. The van der Waals surface area contributed by atoms with E-state index in [0.29, 0.717) is 19.4 Å². The number of ether oxygens (including phenoxy) is 2. The van der Waals surface area contributed by atoms with Gasteiger partial charge >= 0.3 is 11.9 Å². The van der Waals surface area contributed by atoms with Gasteiger partial charge in [-0.05, 0) is 19.8 Å². The fraction of sp³-hybridized carbons (Fsp3) is 0.857. The summed E-state index contributed by atoms with van der Waals surface area (Å²) >= 11 is 0. The summed E-state index contributed by atoms with van der Waals surface area (Å²) < 4.78 is 10.1. The average Bonchev–Trinajstić information content (AvgIpc) is 2.34. The Morgan fingerprint density at radius 3 is 2.28 bits per heavy atom. The minimum absolute atomic E-state index is 0.158. The summed E-state index contributed by atoms with van der Waals surface area (Å²) in [5, 5.41) is 0. The molecule has 4 nitrogen and oxygen atoms in total. The van der Waals surface area contributed by atoms with Crippen molar-refractivity contribution in [1.82, 2.24) is 0 Å². The van der Waals surface area contributed by atoms with Gasteiger partial charge in [-0.15, -0.1) is 0 Å². The first-order valence-electron chi connectivity index (χ1n) is 6.99. The van der Waals surface area contributed by atoms with Gasteiger partial charge in [0.25, 0.3) is 0 Å². The molecular weight excluding hydrogens is 232 g/mol. The minimum atomic E-state index is -0.345. The van der Waals surface area contributed by atoms with Gasteiger partial charge in [0, 0.05) is 6.42 Å². The van der Waals surface area contributed by atoms with Crippen molar-refractivity contribution in [1.29, 1.82) is 0 Å². The number of carbonyl (C=O) groups excluding carboxylic acids is 2. The Hall–Kier alpha value is -1.06. The summed E-state index contributed by atoms with van der Waals surface area (Å²) in [6.07, 6.45) is 5.11. The van der Waals surface area contributed by atoms with Crippen LogP contribution in [0.4, 0.5) is 0 Å². The van der Waals surface area contributed by atoms with Crippen LogP contribution in [-0.2, 0) is 19.1 Å². The van der Waals surface area contributed by atoms with E-state index >= 15 is 0 Å². The van der Waals surface area contributed by atoms with E-state index in [0.717, 1.165) is 25.7 Å². The van der Waals surface area contributed by atoms with E-state index in [-0.39, 0.29) is 24.5 Å². The lowest BCUT2D eigenvalue weighted by Crippen LogP contribution is -2.22. The van der Waals surface area contributed by atoms with Crippen molar-refractivity contribution in [3.63, 3.8) is 0 Å². The molecule has 1 atom stereocenters. The Kier molecular flexibility index (Phi) is 10.4. The quantitative estimate of drug-likeness (QED) is 0.446. The monoisotopic (exact) mass is 258 g/mol. The van der Waals surface area contributed by atoms with Crippen molar-refractivity contribution in [3.8, 4) is 0 Å². The maximum atomic E-state index is 11.5. The van der Waals surface area contributed by atoms with Crippen LogP contribution in [0.1, 0.15) is 65.7 Å². The second-order valence-electron chi connectivity index (χ2n) is 4.34. The third-order valence-electron chi connectivity index (χ3n) is 2.69. The molecule has 0 aromatic rings. The van der Waals surface area contributed by atoms with Crippen LogP contribution in [0.5, 0.6) is 0 Å². The minimum Gasteiger partial charge on any atom is -0.466 e. The van der Waals surface area contributed by atoms with E-state index in [2.05, 4.69) is 6.92 Å². The molecular formula is C14H26O4. The summed E-state index contributed by atoms with van der Waals surface area (Å²) in [5.74, 6) is -0.509. The van der Waals surface area contributed by atoms with E-state index in [1.54, 1.807) is 6.92 Å². The van der Waals surface area contributed by atoms with Crippen LogP contribution in [0.3, 0.4) is 0 Å². The molecule has 18 heavy (non-hydrogen) atoms. The maximum absolute atomic E-state index is 11.5. The van der Waals surface area contributed by atoms with E-state index in [4.69, 9.17) is 9.47 Å². The molecule has 0 aliphatic heterocycles. The standard InChI is InChI=1S/C14H26O4/c1-4-7-8-9-10-13(15)18-12(5-2)11-14(16)17-6-3/h12H,4-11H2,1-3H3. The van der Waals surface area contributed by atoms with Crippen LogP contribution < -0.4 is 0 Å². The van der Waals surface area contributed by atoms with Crippen LogP contribution >= 0.6 is 0 Å². The van der Waals surface area contributed by atoms with Crippen LogP contribution in [0.25, 0.3) is 0 Å². The predicted octanol–water partition coefficient (Wildman–Crippen LogP) is 3.23. The van der Waals surface area contributed by atoms with Gasteiger partial charge in [0.2, 0.25) is 0 Å². The summed E-state index contributed by atoms with van der Waals surface area (Å²) in [7, 11) is 0. The first-order valence-corrected chi connectivity index (χ1v) is 6.99. The summed E-state index contributed by atoms with van der Waals surface area (Å²) in [6.45, 7) is 6.15. The van der Waals surface area contributed by atoms with Gasteiger partial charge in [0.1, 0.15) is 6.10 Å². The maximum Gasteiger partial charge on any atom is 0.309 e. The molecule has 0 spiro atoms. The van der Waals surface area contributed by atoms with Crippen molar-refractivity contribution in [2.75, 3.05) is 6.61 Å². The van der Waals surface area contributed by atoms with E-state index < -0.39 is 0 Å². The molecule has 0 radical (unpaired) electrons. The van der Waals surface area contributed by atoms with Gasteiger partial charge in [-0.2, -0.15) is 0 Å². The molecule has 0 bridgehead atoms. The zero-order chi connectivity index (χ0) is 13.8. The fourth-order valence-electron chi connectivity index (χ4n) is 1.62. The normalized spacial score (nSPS) is 11.9. The lowest BCUT2D eigenvalue weighted by molar-refractivity contribution is -0.155. The SMILES string of the molecule is CCCCCCC(=O)OC(CC)CC(=O)OCC. The number of hydrogen-bond acceptors (Lipinski definition) is 4. The first-order chi connectivity index (χ1) is 8.63. The first kappa shape index (κ1) is 16.9. The lowest BCUT2D eigenvalue weighted by Gasteiger charge is -2.15. The molecule has 0 amide bonds. The molecule has 0 N–H and O–H groups in total. The van der Waals surface area contributed by atoms with Gasteiger partial charge in [-0.3, -0.25) is 9.59 Å². The second kappa shape index (κ2) is 11.1. The molecule has 0 heterocycles. The highest BCUT2D eigenvalue weighted by atomic mass is 16.6. The van der Waals surface area contributed by atoms with Crippen molar-refractivity contribution < 1.29 is 19.1 Å². The van der Waals surface area contributed by atoms with Crippen molar-refractivity contribution in [2.45, 2.75) is 71.8 Å². The lowest BCUT2D eigenvalue weighted by atomic mass is 10.1. The molecule has 0 fully saturated rings. The van der Waals surface area contributed by atoms with Crippen LogP contribution in [0, 0.1) is 0 Å². The molecule has 1 unspecified atom stereocenters. The highest BCUT2D eigenvalue weighted by Gasteiger charge is 2.17. The number of carbonyl (C=O) groups is 2. The van der Waals surface area contributed by atoms with Crippen LogP contribution in [0.15, 0.2) is 0 Å².